The van der Waals surface area contributed by atoms with Crippen molar-refractivity contribution in [2.75, 3.05) is 20.4 Å². The number of pyridine rings is 1. The van der Waals surface area contributed by atoms with E-state index in [1.165, 1.54) is 23.2 Å². The van der Waals surface area contributed by atoms with Crippen molar-refractivity contribution >= 4 is 21.8 Å². The van der Waals surface area contributed by atoms with E-state index in [0.717, 1.165) is 11.8 Å². The normalized spacial score (nSPS) is 10.9. The number of sulfone groups is 1. The van der Waals surface area contributed by atoms with Gasteiger partial charge in [-0.1, -0.05) is 12.1 Å². The average Bonchev–Trinajstić information content (AvgIpc) is 2.63. The molecule has 0 radical (unpaired) electrons. The Bertz CT molecular complexity index is 925. The smallest absolute Gasteiger partial charge is 0.317 e. The van der Waals surface area contributed by atoms with Crippen molar-refractivity contribution in [1.29, 1.82) is 0 Å². The second-order valence-corrected chi connectivity index (χ2v) is 8.20. The molecule has 144 valence electrons. The molecule has 0 unspecified atom stereocenters. The molecule has 2 aromatic rings. The number of nitrogens with zero attached hydrogens (tertiary/aromatic N) is 2. The summed E-state index contributed by atoms with van der Waals surface area (Å²) in [6.45, 7) is 0.475. The van der Waals surface area contributed by atoms with Gasteiger partial charge in [-0.2, -0.15) is 0 Å². The van der Waals surface area contributed by atoms with E-state index < -0.39 is 9.84 Å². The second-order valence-electron chi connectivity index (χ2n) is 6.19. The molecule has 8 nitrogen and oxygen atoms in total. The maximum atomic E-state index is 12.3. The summed E-state index contributed by atoms with van der Waals surface area (Å²) < 4.78 is 22.9. The third kappa shape index (κ3) is 6.07. The maximum Gasteiger partial charge on any atom is 0.317 e. The fourth-order valence-electron chi connectivity index (χ4n) is 2.18. The first kappa shape index (κ1) is 20.4. The lowest BCUT2D eigenvalue weighted by molar-refractivity contribution is 0.0950. The van der Waals surface area contributed by atoms with E-state index in [-0.39, 0.29) is 29.9 Å². The molecule has 9 heteroatoms. The third-order valence-corrected chi connectivity index (χ3v) is 4.84. The summed E-state index contributed by atoms with van der Waals surface area (Å²) in [5, 5.41) is 5.46. The van der Waals surface area contributed by atoms with Gasteiger partial charge in [0.2, 0.25) is 0 Å². The van der Waals surface area contributed by atoms with Crippen LogP contribution in [0.5, 0.6) is 0 Å². The summed E-state index contributed by atoms with van der Waals surface area (Å²) in [5.41, 5.74) is 1.77. The van der Waals surface area contributed by atoms with Gasteiger partial charge in [-0.3, -0.25) is 9.78 Å². The molecule has 0 aliphatic carbocycles. The number of carbonyl (C=O) groups is 2. The lowest BCUT2D eigenvalue weighted by Gasteiger charge is -2.12. The van der Waals surface area contributed by atoms with Crippen molar-refractivity contribution in [2.45, 2.75) is 18.0 Å². The molecule has 0 aliphatic rings. The predicted molar refractivity (Wildman–Crippen MR) is 101 cm³/mol. The minimum atomic E-state index is -3.24. The number of hydrogen-bond acceptors (Lipinski definition) is 5. The summed E-state index contributed by atoms with van der Waals surface area (Å²) in [4.78, 5) is 29.6. The molecule has 0 atom stereocenters. The van der Waals surface area contributed by atoms with E-state index in [2.05, 4.69) is 15.6 Å². The SMILES string of the molecule is CN(C)C(=O)NCc1cc(C(=O)NCc2ccc(S(C)(=O)=O)cc2)ccn1. The zero-order valence-corrected chi connectivity index (χ0v) is 16.2. The van der Waals surface area contributed by atoms with Crippen LogP contribution in [0.2, 0.25) is 0 Å². The molecular formula is C18H22N4O4S. The highest BCUT2D eigenvalue weighted by Gasteiger charge is 2.10. The molecule has 0 fully saturated rings. The summed E-state index contributed by atoms with van der Waals surface area (Å²) in [5.74, 6) is -0.287. The van der Waals surface area contributed by atoms with Crippen LogP contribution in [0, 0.1) is 0 Å². The van der Waals surface area contributed by atoms with E-state index in [4.69, 9.17) is 0 Å². The number of rotatable bonds is 6. The van der Waals surface area contributed by atoms with Gasteiger partial charge in [0.25, 0.3) is 5.91 Å². The fourth-order valence-corrected chi connectivity index (χ4v) is 2.81. The molecule has 0 bridgehead atoms. The van der Waals surface area contributed by atoms with Gasteiger partial charge in [-0.05, 0) is 29.8 Å². The van der Waals surface area contributed by atoms with Crippen molar-refractivity contribution in [3.63, 3.8) is 0 Å². The first-order valence-electron chi connectivity index (χ1n) is 8.14. The molecule has 1 aromatic carbocycles. The van der Waals surface area contributed by atoms with Crippen LogP contribution in [0.4, 0.5) is 4.79 Å². The third-order valence-electron chi connectivity index (χ3n) is 3.71. The summed E-state index contributed by atoms with van der Waals surface area (Å²) in [6, 6.07) is 9.28. The van der Waals surface area contributed by atoms with Gasteiger partial charge >= 0.3 is 6.03 Å². The number of urea groups is 1. The highest BCUT2D eigenvalue weighted by molar-refractivity contribution is 7.90. The monoisotopic (exact) mass is 390 g/mol. The standard InChI is InChI=1S/C18H22N4O4S/c1-22(2)18(24)21-12-15-10-14(8-9-19-15)17(23)20-11-13-4-6-16(7-5-13)27(3,25)26/h4-10H,11-12H2,1-3H3,(H,20,23)(H,21,24). The van der Waals surface area contributed by atoms with Crippen molar-refractivity contribution < 1.29 is 18.0 Å². The molecule has 0 aliphatic heterocycles. The molecule has 2 rings (SSSR count). The lowest BCUT2D eigenvalue weighted by Crippen LogP contribution is -2.34. The Kier molecular flexibility index (Phi) is 6.51. The van der Waals surface area contributed by atoms with E-state index in [1.807, 2.05) is 0 Å². The first-order chi connectivity index (χ1) is 12.7. The number of carbonyl (C=O) groups excluding carboxylic acids is 2. The van der Waals surface area contributed by atoms with E-state index in [9.17, 15) is 18.0 Å². The Morgan fingerprint density at radius 2 is 1.70 bits per heavy atom. The Morgan fingerprint density at radius 1 is 1.04 bits per heavy atom. The van der Waals surface area contributed by atoms with E-state index >= 15 is 0 Å². The zero-order chi connectivity index (χ0) is 20.0. The number of benzene rings is 1. The van der Waals surface area contributed by atoms with Crippen LogP contribution in [-0.4, -0.2) is 50.6 Å². The minimum Gasteiger partial charge on any atom is -0.348 e. The quantitative estimate of drug-likeness (QED) is 0.770. The number of amides is 3. The molecule has 0 saturated carbocycles. The van der Waals surface area contributed by atoms with Crippen LogP contribution >= 0.6 is 0 Å². The highest BCUT2D eigenvalue weighted by Crippen LogP contribution is 2.10. The summed E-state index contributed by atoms with van der Waals surface area (Å²) in [6.07, 6.45) is 2.65. The molecule has 1 heterocycles. The van der Waals surface area contributed by atoms with Crippen molar-refractivity contribution in [3.05, 3.63) is 59.4 Å². The Balaban J connectivity index is 1.96. The first-order valence-corrected chi connectivity index (χ1v) is 10.0. The Labute approximate surface area is 158 Å². The number of hydrogen-bond donors (Lipinski definition) is 2. The minimum absolute atomic E-state index is 0.213. The lowest BCUT2D eigenvalue weighted by atomic mass is 10.2. The van der Waals surface area contributed by atoms with Crippen molar-refractivity contribution in [2.24, 2.45) is 0 Å². The van der Waals surface area contributed by atoms with Gasteiger partial charge in [0.1, 0.15) is 0 Å². The number of nitrogens with one attached hydrogen (secondary N) is 2. The largest absolute Gasteiger partial charge is 0.348 e. The van der Waals surface area contributed by atoms with E-state index in [1.54, 1.807) is 38.4 Å². The van der Waals surface area contributed by atoms with Gasteiger partial charge in [0, 0.05) is 38.7 Å². The topological polar surface area (TPSA) is 108 Å². The van der Waals surface area contributed by atoms with Crippen LogP contribution in [0.3, 0.4) is 0 Å². The van der Waals surface area contributed by atoms with Gasteiger partial charge in [0.15, 0.2) is 9.84 Å². The van der Waals surface area contributed by atoms with Gasteiger partial charge in [-0.15, -0.1) is 0 Å². The van der Waals surface area contributed by atoms with Gasteiger partial charge in [0.05, 0.1) is 17.1 Å². The predicted octanol–water partition coefficient (Wildman–Crippen LogP) is 1.19. The van der Waals surface area contributed by atoms with Crippen LogP contribution in [0.15, 0.2) is 47.5 Å². The summed E-state index contributed by atoms with van der Waals surface area (Å²) >= 11 is 0. The highest BCUT2D eigenvalue weighted by atomic mass is 32.2. The van der Waals surface area contributed by atoms with Gasteiger partial charge in [-0.25, -0.2) is 13.2 Å². The van der Waals surface area contributed by atoms with Crippen LogP contribution in [0.25, 0.3) is 0 Å². The zero-order valence-electron chi connectivity index (χ0n) is 15.4. The second kappa shape index (κ2) is 8.63. The van der Waals surface area contributed by atoms with E-state index in [0.29, 0.717) is 11.3 Å². The fraction of sp³-hybridized carbons (Fsp3) is 0.278. The Hall–Kier alpha value is -2.94. The summed E-state index contributed by atoms with van der Waals surface area (Å²) in [7, 11) is 0.0251. The molecule has 1 aromatic heterocycles. The number of aromatic nitrogens is 1. The van der Waals surface area contributed by atoms with Gasteiger partial charge < -0.3 is 15.5 Å². The van der Waals surface area contributed by atoms with Crippen LogP contribution in [-0.2, 0) is 22.9 Å². The molecule has 3 amide bonds. The Morgan fingerprint density at radius 3 is 2.30 bits per heavy atom. The maximum absolute atomic E-state index is 12.3. The molecule has 0 saturated heterocycles. The molecular weight excluding hydrogens is 368 g/mol. The molecule has 0 spiro atoms. The van der Waals surface area contributed by atoms with Crippen LogP contribution in [0.1, 0.15) is 21.6 Å². The molecule has 27 heavy (non-hydrogen) atoms. The van der Waals surface area contributed by atoms with Crippen molar-refractivity contribution in [3.8, 4) is 0 Å². The average molecular weight is 390 g/mol. The molecule has 2 N–H and O–H groups in total. The van der Waals surface area contributed by atoms with Crippen molar-refractivity contribution in [1.82, 2.24) is 20.5 Å². The van der Waals surface area contributed by atoms with Crippen LogP contribution < -0.4 is 10.6 Å².